The Kier molecular flexibility index (Phi) is 6.29. The number of thiophene rings is 1. The molecule has 0 radical (unpaired) electrons. The van der Waals surface area contributed by atoms with Crippen molar-refractivity contribution in [1.29, 1.82) is 0 Å². The molecule has 8 heteroatoms. The lowest BCUT2D eigenvalue weighted by Gasteiger charge is -2.35. The van der Waals surface area contributed by atoms with Gasteiger partial charge in [-0.25, -0.2) is 0 Å². The van der Waals surface area contributed by atoms with Crippen molar-refractivity contribution in [3.63, 3.8) is 0 Å². The third-order valence-corrected chi connectivity index (χ3v) is 6.72. The summed E-state index contributed by atoms with van der Waals surface area (Å²) in [7, 11) is 3.14. The average molecular weight is 442 g/mol. The highest BCUT2D eigenvalue weighted by molar-refractivity contribution is 7.11. The van der Waals surface area contributed by atoms with Gasteiger partial charge in [-0.2, -0.15) is 0 Å². The van der Waals surface area contributed by atoms with Crippen LogP contribution >= 0.6 is 11.3 Å². The molecule has 1 aromatic carbocycles. The molecule has 2 aliphatic heterocycles. The number of carbonyl (C=O) groups excluding carboxylic acids is 2. The van der Waals surface area contributed by atoms with Crippen LogP contribution in [0.2, 0.25) is 0 Å². The van der Waals surface area contributed by atoms with Crippen LogP contribution in [0, 0.1) is 0 Å². The SMILES string of the molecule is CCN1CCN(C2=C(c3cccs3)C(=O)N(Cc3ccc(OC)c(OC)c3)C2=O)CC1. The number of benzene rings is 1. The number of hydrogen-bond donors (Lipinski definition) is 0. The first-order chi connectivity index (χ1) is 15.1. The van der Waals surface area contributed by atoms with Gasteiger partial charge in [-0.3, -0.25) is 14.5 Å². The first-order valence-corrected chi connectivity index (χ1v) is 11.3. The number of hydrogen-bond acceptors (Lipinski definition) is 7. The van der Waals surface area contributed by atoms with E-state index >= 15 is 0 Å². The van der Waals surface area contributed by atoms with Gasteiger partial charge in [-0.05, 0) is 35.7 Å². The number of rotatable bonds is 7. The van der Waals surface area contributed by atoms with Crippen molar-refractivity contribution in [3.8, 4) is 11.5 Å². The van der Waals surface area contributed by atoms with Crippen LogP contribution in [0.25, 0.3) is 5.57 Å². The fourth-order valence-corrected chi connectivity index (χ4v) is 4.86. The maximum Gasteiger partial charge on any atom is 0.278 e. The van der Waals surface area contributed by atoms with Crippen LogP contribution in [-0.2, 0) is 16.1 Å². The number of imide groups is 1. The summed E-state index contributed by atoms with van der Waals surface area (Å²) in [4.78, 5) is 33.5. The van der Waals surface area contributed by atoms with Gasteiger partial charge < -0.3 is 19.3 Å². The molecular weight excluding hydrogens is 414 g/mol. The van der Waals surface area contributed by atoms with E-state index in [1.807, 2.05) is 29.6 Å². The minimum Gasteiger partial charge on any atom is -0.493 e. The van der Waals surface area contributed by atoms with Crippen molar-refractivity contribution in [3.05, 3.63) is 51.8 Å². The molecule has 0 bridgehead atoms. The van der Waals surface area contributed by atoms with Crippen molar-refractivity contribution in [2.24, 2.45) is 0 Å². The van der Waals surface area contributed by atoms with Gasteiger partial charge >= 0.3 is 0 Å². The summed E-state index contributed by atoms with van der Waals surface area (Å²) in [6.07, 6.45) is 0. The van der Waals surface area contributed by atoms with Gasteiger partial charge in [0.05, 0.1) is 26.3 Å². The number of likely N-dealkylation sites (N-methyl/N-ethyl adjacent to an activating group) is 1. The Morgan fingerprint density at radius 2 is 1.71 bits per heavy atom. The normalized spacial score (nSPS) is 17.6. The van der Waals surface area contributed by atoms with Gasteiger partial charge in [0.25, 0.3) is 11.8 Å². The molecule has 0 atom stereocenters. The highest BCUT2D eigenvalue weighted by Gasteiger charge is 2.42. The van der Waals surface area contributed by atoms with Crippen LogP contribution in [-0.4, -0.2) is 73.5 Å². The summed E-state index contributed by atoms with van der Waals surface area (Å²) in [5.41, 5.74) is 1.86. The summed E-state index contributed by atoms with van der Waals surface area (Å²) < 4.78 is 10.7. The Bertz CT molecular complexity index is 994. The van der Waals surface area contributed by atoms with Crippen molar-refractivity contribution in [1.82, 2.24) is 14.7 Å². The maximum absolute atomic E-state index is 13.5. The fraction of sp³-hybridized carbons (Fsp3) is 0.391. The first kappa shape index (κ1) is 21.4. The fourth-order valence-electron chi connectivity index (χ4n) is 4.09. The first-order valence-electron chi connectivity index (χ1n) is 10.4. The molecule has 3 heterocycles. The summed E-state index contributed by atoms with van der Waals surface area (Å²) >= 11 is 1.49. The van der Waals surface area contributed by atoms with Gasteiger partial charge in [0.1, 0.15) is 5.70 Å². The van der Waals surface area contributed by atoms with E-state index in [-0.39, 0.29) is 18.4 Å². The second kappa shape index (κ2) is 9.11. The van der Waals surface area contributed by atoms with Crippen LogP contribution in [0.15, 0.2) is 41.4 Å². The minimum absolute atomic E-state index is 0.186. The Balaban J connectivity index is 1.64. The van der Waals surface area contributed by atoms with E-state index in [1.165, 1.54) is 16.2 Å². The van der Waals surface area contributed by atoms with E-state index in [0.717, 1.165) is 43.2 Å². The predicted molar refractivity (Wildman–Crippen MR) is 120 cm³/mol. The molecule has 164 valence electrons. The molecule has 2 aliphatic rings. The Hall–Kier alpha value is -2.84. The molecule has 0 saturated carbocycles. The Morgan fingerprint density at radius 3 is 2.32 bits per heavy atom. The molecule has 1 fully saturated rings. The van der Waals surface area contributed by atoms with E-state index in [9.17, 15) is 9.59 Å². The van der Waals surface area contributed by atoms with E-state index in [1.54, 1.807) is 20.3 Å². The Labute approximate surface area is 186 Å². The summed E-state index contributed by atoms with van der Waals surface area (Å²) in [6.45, 7) is 6.56. The van der Waals surface area contributed by atoms with Gasteiger partial charge in [0.2, 0.25) is 0 Å². The van der Waals surface area contributed by atoms with E-state index in [4.69, 9.17) is 9.47 Å². The lowest BCUT2D eigenvalue weighted by Crippen LogP contribution is -2.47. The molecule has 0 N–H and O–H groups in total. The van der Waals surface area contributed by atoms with Gasteiger partial charge in [0, 0.05) is 31.1 Å². The monoisotopic (exact) mass is 441 g/mol. The zero-order valence-electron chi connectivity index (χ0n) is 18.1. The van der Waals surface area contributed by atoms with Crippen LogP contribution in [0.3, 0.4) is 0 Å². The molecule has 4 rings (SSSR count). The van der Waals surface area contributed by atoms with Crippen LogP contribution in [0.4, 0.5) is 0 Å². The molecule has 1 saturated heterocycles. The van der Waals surface area contributed by atoms with Crippen molar-refractivity contribution < 1.29 is 19.1 Å². The highest BCUT2D eigenvalue weighted by atomic mass is 32.1. The van der Waals surface area contributed by atoms with E-state index < -0.39 is 0 Å². The molecule has 1 aromatic heterocycles. The summed E-state index contributed by atoms with van der Waals surface area (Å²) in [6, 6.07) is 9.27. The number of nitrogens with zero attached hydrogens (tertiary/aromatic N) is 3. The number of ether oxygens (including phenoxy) is 2. The van der Waals surface area contributed by atoms with E-state index in [0.29, 0.717) is 22.8 Å². The van der Waals surface area contributed by atoms with Crippen LogP contribution in [0.5, 0.6) is 11.5 Å². The van der Waals surface area contributed by atoms with Crippen molar-refractivity contribution in [2.45, 2.75) is 13.5 Å². The third kappa shape index (κ3) is 4.05. The minimum atomic E-state index is -0.241. The van der Waals surface area contributed by atoms with E-state index in [2.05, 4.69) is 16.7 Å². The summed E-state index contributed by atoms with van der Waals surface area (Å²) in [5, 5.41) is 1.93. The molecule has 2 aromatic rings. The smallest absolute Gasteiger partial charge is 0.278 e. The zero-order chi connectivity index (χ0) is 22.0. The number of carbonyl (C=O) groups is 2. The van der Waals surface area contributed by atoms with Crippen LogP contribution < -0.4 is 9.47 Å². The third-order valence-electron chi connectivity index (χ3n) is 5.84. The zero-order valence-corrected chi connectivity index (χ0v) is 18.9. The predicted octanol–water partition coefficient (Wildman–Crippen LogP) is 2.68. The van der Waals surface area contributed by atoms with Gasteiger partial charge in [-0.1, -0.05) is 19.1 Å². The second-order valence-electron chi connectivity index (χ2n) is 7.51. The summed E-state index contributed by atoms with van der Waals surface area (Å²) in [5.74, 6) is 0.710. The number of methoxy groups -OCH3 is 2. The van der Waals surface area contributed by atoms with Gasteiger partial charge in [0.15, 0.2) is 11.5 Å². The van der Waals surface area contributed by atoms with Crippen molar-refractivity contribution in [2.75, 3.05) is 46.9 Å². The maximum atomic E-state index is 13.5. The molecule has 0 aliphatic carbocycles. The number of piperazine rings is 1. The molecular formula is C23H27N3O4S. The lowest BCUT2D eigenvalue weighted by atomic mass is 10.1. The molecule has 0 spiro atoms. The molecule has 7 nitrogen and oxygen atoms in total. The van der Waals surface area contributed by atoms with Crippen LogP contribution in [0.1, 0.15) is 17.4 Å². The standard InChI is InChI=1S/C23H27N3O4S/c1-4-24-9-11-25(12-10-24)21-20(19-6-5-13-31-19)22(27)26(23(21)28)15-16-7-8-17(29-2)18(14-16)30-3/h5-8,13-14H,4,9-12,15H2,1-3H3. The van der Waals surface area contributed by atoms with Gasteiger partial charge in [-0.15, -0.1) is 11.3 Å². The quantitative estimate of drug-likeness (QED) is 0.616. The largest absolute Gasteiger partial charge is 0.493 e. The molecule has 31 heavy (non-hydrogen) atoms. The van der Waals surface area contributed by atoms with Crippen molar-refractivity contribution >= 4 is 28.7 Å². The Morgan fingerprint density at radius 1 is 0.968 bits per heavy atom. The number of amides is 2. The lowest BCUT2D eigenvalue weighted by molar-refractivity contribution is -0.138. The molecule has 2 amide bonds. The highest BCUT2D eigenvalue weighted by Crippen LogP contribution is 2.36. The molecule has 0 unspecified atom stereocenters. The topological polar surface area (TPSA) is 62.3 Å². The second-order valence-corrected chi connectivity index (χ2v) is 8.46. The average Bonchev–Trinajstić information content (AvgIpc) is 3.41.